The fourth-order valence-corrected chi connectivity index (χ4v) is 7.93. The number of Topliss-reactive ketones (excluding diaryl/α,β-unsaturated/α-hetero) is 1. The van der Waals surface area contributed by atoms with Crippen molar-refractivity contribution in [3.8, 4) is 0 Å². The molecule has 0 radical (unpaired) electrons. The van der Waals surface area contributed by atoms with Crippen LogP contribution in [0, 0.1) is 5.41 Å². The zero-order chi connectivity index (χ0) is 23.0. The quantitative estimate of drug-likeness (QED) is 0.332. The summed E-state index contributed by atoms with van der Waals surface area (Å²) in [5.74, 6) is -2.44. The molecule has 3 aliphatic rings. The number of esters is 2. The molecular formula is C27H21NO4S. The van der Waals surface area contributed by atoms with Crippen molar-refractivity contribution in [2.45, 2.75) is 28.1 Å². The SMILES string of the molecule is CN1[C@]2(C)C(=O)OC(=O)[C@]2(C(=O)c2ccccc2)[C@@H]2c3ccccc3S[C@@]21c1ccccc1. The Morgan fingerprint density at radius 1 is 0.879 bits per heavy atom. The first-order chi connectivity index (χ1) is 15.9. The summed E-state index contributed by atoms with van der Waals surface area (Å²) in [5.41, 5.74) is -0.983. The molecule has 0 spiro atoms. The predicted molar refractivity (Wildman–Crippen MR) is 124 cm³/mol. The Hall–Kier alpha value is -3.22. The first-order valence-corrected chi connectivity index (χ1v) is 11.7. The number of hydrogen-bond acceptors (Lipinski definition) is 6. The molecule has 33 heavy (non-hydrogen) atoms. The molecule has 0 amide bonds. The van der Waals surface area contributed by atoms with Crippen molar-refractivity contribution >= 4 is 29.5 Å². The van der Waals surface area contributed by atoms with Crippen LogP contribution in [0.4, 0.5) is 0 Å². The third kappa shape index (κ3) is 2.16. The molecule has 0 saturated carbocycles. The van der Waals surface area contributed by atoms with E-state index in [1.165, 1.54) is 0 Å². The molecule has 3 aromatic carbocycles. The Bertz CT molecular complexity index is 1330. The molecule has 0 aromatic heterocycles. The van der Waals surface area contributed by atoms with Gasteiger partial charge in [-0.3, -0.25) is 14.5 Å². The van der Waals surface area contributed by atoms with E-state index in [-0.39, 0.29) is 5.78 Å². The fraction of sp³-hybridized carbons (Fsp3) is 0.222. The van der Waals surface area contributed by atoms with Crippen LogP contribution in [0.1, 0.15) is 34.3 Å². The van der Waals surface area contributed by atoms with Crippen LogP contribution >= 0.6 is 11.8 Å². The van der Waals surface area contributed by atoms with Gasteiger partial charge in [-0.05, 0) is 31.2 Å². The maximum atomic E-state index is 14.4. The maximum absolute atomic E-state index is 14.4. The van der Waals surface area contributed by atoms with Crippen molar-refractivity contribution in [2.75, 3.05) is 7.05 Å². The standard InChI is InChI=1S/C27H21NO4S/c1-25-23(30)32-24(31)26(25,22(29)17-11-5-3-6-12-17)21-19-15-9-10-16-20(19)33-27(21,28(25)2)18-13-7-4-8-14-18/h3-16,21H,1-2H3/t21-,25+,26+,27-/m0/s1. The highest BCUT2D eigenvalue weighted by Gasteiger charge is 2.86. The lowest BCUT2D eigenvalue weighted by Gasteiger charge is -2.40. The number of nitrogens with zero attached hydrogens (tertiary/aromatic N) is 1. The number of thioether (sulfide) groups is 1. The van der Waals surface area contributed by atoms with Gasteiger partial charge in [0, 0.05) is 16.4 Å². The summed E-state index contributed by atoms with van der Waals surface area (Å²) in [6.07, 6.45) is 0. The smallest absolute Gasteiger partial charge is 0.335 e. The van der Waals surface area contributed by atoms with Gasteiger partial charge in [0.2, 0.25) is 0 Å². The Kier molecular flexibility index (Phi) is 4.11. The van der Waals surface area contributed by atoms with Crippen molar-refractivity contribution in [3.63, 3.8) is 0 Å². The largest absolute Gasteiger partial charge is 0.391 e. The summed E-state index contributed by atoms with van der Waals surface area (Å²) in [6.45, 7) is 1.69. The number of likely N-dealkylation sites (tertiary alicyclic amines) is 1. The zero-order valence-corrected chi connectivity index (χ0v) is 19.0. The number of fused-ring (bicyclic) bond motifs is 5. The Morgan fingerprint density at radius 2 is 1.48 bits per heavy atom. The molecule has 0 unspecified atom stereocenters. The second kappa shape index (κ2) is 6.65. The molecule has 0 aliphatic carbocycles. The van der Waals surface area contributed by atoms with Crippen LogP contribution < -0.4 is 0 Å². The highest BCUT2D eigenvalue weighted by Crippen LogP contribution is 2.76. The molecule has 6 rings (SSSR count). The van der Waals surface area contributed by atoms with Gasteiger partial charge in [0.1, 0.15) is 10.4 Å². The van der Waals surface area contributed by atoms with Gasteiger partial charge in [-0.15, -0.1) is 0 Å². The molecule has 6 heteroatoms. The third-order valence-electron chi connectivity index (χ3n) is 7.74. The lowest BCUT2D eigenvalue weighted by Crippen LogP contribution is -2.58. The van der Waals surface area contributed by atoms with Crippen LogP contribution in [-0.4, -0.2) is 35.2 Å². The molecule has 0 N–H and O–H groups in total. The molecule has 164 valence electrons. The van der Waals surface area contributed by atoms with Crippen molar-refractivity contribution in [3.05, 3.63) is 102 Å². The number of hydrogen-bond donors (Lipinski definition) is 0. The van der Waals surface area contributed by atoms with Crippen LogP contribution in [-0.2, 0) is 19.2 Å². The Labute approximate surface area is 195 Å². The van der Waals surface area contributed by atoms with E-state index in [9.17, 15) is 14.4 Å². The highest BCUT2D eigenvalue weighted by atomic mass is 32.2. The average molecular weight is 456 g/mol. The zero-order valence-electron chi connectivity index (χ0n) is 18.1. The first-order valence-electron chi connectivity index (χ1n) is 10.8. The minimum Gasteiger partial charge on any atom is -0.391 e. The van der Waals surface area contributed by atoms with Crippen molar-refractivity contribution in [2.24, 2.45) is 5.41 Å². The molecule has 5 nitrogen and oxygen atoms in total. The second-order valence-corrected chi connectivity index (χ2v) is 10.2. The third-order valence-corrected chi connectivity index (χ3v) is 9.39. The van der Waals surface area contributed by atoms with E-state index < -0.39 is 33.7 Å². The van der Waals surface area contributed by atoms with Crippen molar-refractivity contribution in [1.82, 2.24) is 4.90 Å². The van der Waals surface area contributed by atoms with Crippen LogP contribution in [0.5, 0.6) is 0 Å². The van der Waals surface area contributed by atoms with Crippen molar-refractivity contribution < 1.29 is 19.1 Å². The molecule has 3 aromatic rings. The number of carbonyl (C=O) groups is 3. The van der Waals surface area contributed by atoms with Crippen molar-refractivity contribution in [1.29, 1.82) is 0 Å². The summed E-state index contributed by atoms with van der Waals surface area (Å²) in [6, 6.07) is 26.4. The van der Waals surface area contributed by atoms with Gasteiger partial charge in [-0.25, -0.2) is 4.79 Å². The number of cyclic esters (lactones) is 2. The van der Waals surface area contributed by atoms with Crippen LogP contribution in [0.15, 0.2) is 89.8 Å². The van der Waals surface area contributed by atoms with E-state index in [1.54, 1.807) is 43.0 Å². The summed E-state index contributed by atoms with van der Waals surface area (Å²) in [7, 11) is 1.83. The lowest BCUT2D eigenvalue weighted by molar-refractivity contribution is -0.157. The minimum atomic E-state index is -1.73. The van der Waals surface area contributed by atoms with Gasteiger partial charge in [0.25, 0.3) is 0 Å². The molecule has 0 bridgehead atoms. The first kappa shape index (κ1) is 20.4. The van der Waals surface area contributed by atoms with E-state index in [0.717, 1.165) is 16.0 Å². The van der Waals surface area contributed by atoms with E-state index >= 15 is 0 Å². The predicted octanol–water partition coefficient (Wildman–Crippen LogP) is 4.39. The monoisotopic (exact) mass is 455 g/mol. The number of rotatable bonds is 3. The minimum absolute atomic E-state index is 0.381. The molecule has 3 aliphatic heterocycles. The van der Waals surface area contributed by atoms with Crippen LogP contribution in [0.3, 0.4) is 0 Å². The van der Waals surface area contributed by atoms with Crippen LogP contribution in [0.2, 0.25) is 0 Å². The molecule has 2 saturated heterocycles. The highest BCUT2D eigenvalue weighted by molar-refractivity contribution is 8.00. The summed E-state index contributed by atoms with van der Waals surface area (Å²) >= 11 is 1.60. The second-order valence-electron chi connectivity index (χ2n) is 8.95. The van der Waals surface area contributed by atoms with E-state index in [4.69, 9.17) is 4.74 Å². The number of carbonyl (C=O) groups excluding carboxylic acids is 3. The van der Waals surface area contributed by atoms with Gasteiger partial charge in [-0.2, -0.15) is 0 Å². The summed E-state index contributed by atoms with van der Waals surface area (Å²) in [5, 5.41) is 0. The average Bonchev–Trinajstić information content (AvgIpc) is 3.36. The molecular weight excluding hydrogens is 434 g/mol. The number of ketones is 1. The van der Waals surface area contributed by atoms with E-state index in [1.807, 2.05) is 72.6 Å². The van der Waals surface area contributed by atoms with Gasteiger partial charge in [-0.1, -0.05) is 90.6 Å². The van der Waals surface area contributed by atoms with E-state index in [2.05, 4.69) is 0 Å². The lowest BCUT2D eigenvalue weighted by atomic mass is 9.60. The Balaban J connectivity index is 1.74. The molecule has 4 atom stereocenters. The number of likely N-dealkylation sites (N-methyl/N-ethyl adjacent to an activating group) is 1. The topological polar surface area (TPSA) is 63.7 Å². The summed E-state index contributed by atoms with van der Waals surface area (Å²) < 4.78 is 5.30. The van der Waals surface area contributed by atoms with Crippen LogP contribution in [0.25, 0.3) is 0 Å². The van der Waals surface area contributed by atoms with Gasteiger partial charge in [0.05, 0.1) is 0 Å². The summed E-state index contributed by atoms with van der Waals surface area (Å²) in [4.78, 5) is 43.7. The molecule has 2 fully saturated rings. The fourth-order valence-electron chi connectivity index (χ4n) is 6.15. The normalized spacial score (nSPS) is 32.2. The van der Waals surface area contributed by atoms with Gasteiger partial charge >= 0.3 is 11.9 Å². The Morgan fingerprint density at radius 3 is 2.18 bits per heavy atom. The number of ether oxygens (including phenoxy) is 1. The number of benzene rings is 3. The van der Waals surface area contributed by atoms with Gasteiger partial charge in [0.15, 0.2) is 11.2 Å². The molecule has 3 heterocycles. The van der Waals surface area contributed by atoms with Gasteiger partial charge < -0.3 is 4.74 Å². The maximum Gasteiger partial charge on any atom is 0.335 e. The van der Waals surface area contributed by atoms with E-state index in [0.29, 0.717) is 5.56 Å².